The Morgan fingerprint density at radius 1 is 1.60 bits per heavy atom. The van der Waals surface area contributed by atoms with Crippen molar-refractivity contribution >= 4 is 23.4 Å². The zero-order chi connectivity index (χ0) is 7.61. The number of alkyl halides is 3. The van der Waals surface area contributed by atoms with Crippen LogP contribution in [0, 0.1) is 0 Å². The van der Waals surface area contributed by atoms with E-state index in [0.29, 0.717) is 5.03 Å². The molecule has 0 saturated heterocycles. The predicted octanol–water partition coefficient (Wildman–Crippen LogP) is 2.90. The number of aromatic nitrogens is 1. The Labute approximate surface area is 65.8 Å². The molecule has 1 N–H and O–H groups in total. The van der Waals surface area contributed by atoms with Crippen LogP contribution in [-0.4, -0.2) is 9.70 Å². The van der Waals surface area contributed by atoms with Crippen LogP contribution in [-0.2, 0) is 0 Å². The molecule has 56 valence electrons. The van der Waals surface area contributed by atoms with Crippen LogP contribution >= 0.6 is 23.4 Å². The molecule has 0 aliphatic carbocycles. The van der Waals surface area contributed by atoms with Crippen molar-refractivity contribution in [1.29, 1.82) is 0 Å². The second-order valence-corrected chi connectivity index (χ2v) is 3.44. The molecule has 0 fully saturated rings. The summed E-state index contributed by atoms with van der Waals surface area (Å²) in [6, 6.07) is 3.16. The molecular formula is C5H4ClF2NS. The van der Waals surface area contributed by atoms with E-state index in [1.165, 1.54) is 6.07 Å². The van der Waals surface area contributed by atoms with Gasteiger partial charge in [-0.3, -0.25) is 0 Å². The predicted molar refractivity (Wildman–Crippen MR) is 37.4 cm³/mol. The summed E-state index contributed by atoms with van der Waals surface area (Å²) in [5.74, 6) is 0. The Balaban J connectivity index is 2.57. The number of hydrogen-bond donors (Lipinski definition) is 1. The molecule has 5 heteroatoms. The van der Waals surface area contributed by atoms with E-state index in [4.69, 9.17) is 0 Å². The van der Waals surface area contributed by atoms with Gasteiger partial charge in [0.05, 0.1) is 5.03 Å². The molecule has 1 aromatic rings. The quantitative estimate of drug-likeness (QED) is 0.551. The molecule has 1 rings (SSSR count). The molecule has 0 amide bonds. The molecule has 1 heterocycles. The van der Waals surface area contributed by atoms with Crippen LogP contribution in [0.4, 0.5) is 8.78 Å². The first-order valence-electron chi connectivity index (χ1n) is 2.47. The number of nitrogens with one attached hydrogen (secondary N) is 1. The third-order valence-electron chi connectivity index (χ3n) is 0.795. The highest BCUT2D eigenvalue weighted by Crippen LogP contribution is 2.37. The van der Waals surface area contributed by atoms with E-state index in [1.807, 2.05) is 0 Å². The summed E-state index contributed by atoms with van der Waals surface area (Å²) in [6.07, 6.45) is 1.56. The molecule has 0 bridgehead atoms. The summed E-state index contributed by atoms with van der Waals surface area (Å²) in [4.78, 5) is 2.59. The zero-order valence-electron chi connectivity index (χ0n) is 4.77. The Morgan fingerprint density at radius 3 is 2.70 bits per heavy atom. The first-order valence-corrected chi connectivity index (χ1v) is 3.66. The largest absolute Gasteiger partial charge is 0.377 e. The van der Waals surface area contributed by atoms with E-state index in [9.17, 15) is 8.78 Å². The minimum absolute atomic E-state index is 0.284. The van der Waals surface area contributed by atoms with Gasteiger partial charge >= 0.3 is 4.71 Å². The number of thioether (sulfide) groups is 1. The monoisotopic (exact) mass is 183 g/mol. The summed E-state index contributed by atoms with van der Waals surface area (Å²) in [5, 5.41) is 0.361. The lowest BCUT2D eigenvalue weighted by Gasteiger charge is -2.03. The van der Waals surface area contributed by atoms with Gasteiger partial charge in [-0.25, -0.2) is 0 Å². The smallest absolute Gasteiger partial charge is 0.356 e. The average Bonchev–Trinajstić information content (AvgIpc) is 2.12. The molecule has 0 aliphatic heterocycles. The maximum Gasteiger partial charge on any atom is 0.377 e. The standard InChI is InChI=1S/C5H4ClF2NS/c6-5(7,8)10-4-2-1-3-9-4/h1-3,9H. The van der Waals surface area contributed by atoms with Crippen molar-refractivity contribution in [3.05, 3.63) is 18.3 Å². The molecule has 0 atom stereocenters. The Morgan fingerprint density at radius 2 is 2.30 bits per heavy atom. The minimum Gasteiger partial charge on any atom is -0.356 e. The lowest BCUT2D eigenvalue weighted by molar-refractivity contribution is 0.203. The third kappa shape index (κ3) is 2.58. The van der Waals surface area contributed by atoms with Crippen LogP contribution in [0.25, 0.3) is 0 Å². The minimum atomic E-state index is -3.22. The summed E-state index contributed by atoms with van der Waals surface area (Å²) in [6.45, 7) is 0. The summed E-state index contributed by atoms with van der Waals surface area (Å²) in [7, 11) is 0. The number of aromatic amines is 1. The molecule has 0 aromatic carbocycles. The topological polar surface area (TPSA) is 15.8 Å². The van der Waals surface area contributed by atoms with E-state index in [2.05, 4.69) is 16.6 Å². The fourth-order valence-corrected chi connectivity index (χ4v) is 1.27. The van der Waals surface area contributed by atoms with Gasteiger partial charge in [-0.1, -0.05) is 0 Å². The van der Waals surface area contributed by atoms with Crippen molar-refractivity contribution in [2.75, 3.05) is 0 Å². The molecule has 0 aliphatic rings. The average molecular weight is 184 g/mol. The van der Waals surface area contributed by atoms with Gasteiger partial charge in [0.15, 0.2) is 0 Å². The number of rotatable bonds is 2. The van der Waals surface area contributed by atoms with Gasteiger partial charge in [-0.15, -0.1) is 0 Å². The summed E-state index contributed by atoms with van der Waals surface area (Å²) >= 11 is 4.92. The first kappa shape index (κ1) is 7.88. The lowest BCUT2D eigenvalue weighted by atomic mass is 10.7. The van der Waals surface area contributed by atoms with E-state index in [1.54, 1.807) is 12.3 Å². The highest BCUT2D eigenvalue weighted by molar-refractivity contribution is 8.01. The Hall–Kier alpha value is -0.220. The normalized spacial score (nSPS) is 11.9. The molecule has 1 aromatic heterocycles. The van der Waals surface area contributed by atoms with Crippen LogP contribution in [0.2, 0.25) is 0 Å². The van der Waals surface area contributed by atoms with Crippen LogP contribution in [0.1, 0.15) is 0 Å². The van der Waals surface area contributed by atoms with Crippen LogP contribution < -0.4 is 0 Å². The van der Waals surface area contributed by atoms with E-state index >= 15 is 0 Å². The van der Waals surface area contributed by atoms with Gasteiger partial charge in [-0.2, -0.15) is 8.78 Å². The van der Waals surface area contributed by atoms with Gasteiger partial charge in [0.2, 0.25) is 0 Å². The molecule has 1 nitrogen and oxygen atoms in total. The SMILES string of the molecule is FC(F)(Cl)Sc1ccc[nH]1. The lowest BCUT2D eigenvalue weighted by Crippen LogP contribution is -1.96. The first-order chi connectivity index (χ1) is 4.58. The van der Waals surface area contributed by atoms with Crippen LogP contribution in [0.15, 0.2) is 23.4 Å². The molecular weight excluding hydrogens is 180 g/mol. The fourth-order valence-electron chi connectivity index (χ4n) is 0.502. The van der Waals surface area contributed by atoms with Crippen LogP contribution in [0.5, 0.6) is 0 Å². The second-order valence-electron chi connectivity index (χ2n) is 1.58. The van der Waals surface area contributed by atoms with Crippen molar-refractivity contribution in [3.63, 3.8) is 0 Å². The van der Waals surface area contributed by atoms with E-state index < -0.39 is 4.71 Å². The second kappa shape index (κ2) is 2.80. The van der Waals surface area contributed by atoms with Gasteiger partial charge in [-0.05, 0) is 35.5 Å². The fraction of sp³-hybridized carbons (Fsp3) is 0.200. The maximum absolute atomic E-state index is 12.0. The molecule has 0 spiro atoms. The Bertz CT molecular complexity index is 194. The number of H-pyrrole nitrogens is 1. The Kier molecular flexibility index (Phi) is 2.21. The van der Waals surface area contributed by atoms with Crippen molar-refractivity contribution in [3.8, 4) is 0 Å². The molecule has 0 unspecified atom stereocenters. The van der Waals surface area contributed by atoms with Gasteiger partial charge in [0.25, 0.3) is 0 Å². The number of halogens is 3. The summed E-state index contributed by atoms with van der Waals surface area (Å²) in [5.41, 5.74) is 0. The zero-order valence-corrected chi connectivity index (χ0v) is 6.35. The molecule has 0 radical (unpaired) electrons. The highest BCUT2D eigenvalue weighted by atomic mass is 35.5. The maximum atomic E-state index is 12.0. The molecule has 10 heavy (non-hydrogen) atoms. The summed E-state index contributed by atoms with van der Waals surface area (Å²) < 4.78 is 20.8. The van der Waals surface area contributed by atoms with Crippen LogP contribution in [0.3, 0.4) is 0 Å². The van der Waals surface area contributed by atoms with Crippen molar-refractivity contribution in [1.82, 2.24) is 4.98 Å². The third-order valence-corrected chi connectivity index (χ3v) is 1.73. The van der Waals surface area contributed by atoms with Gasteiger partial charge in [0.1, 0.15) is 0 Å². The van der Waals surface area contributed by atoms with Crippen molar-refractivity contribution < 1.29 is 8.78 Å². The van der Waals surface area contributed by atoms with E-state index in [-0.39, 0.29) is 11.8 Å². The van der Waals surface area contributed by atoms with E-state index in [0.717, 1.165) is 0 Å². The highest BCUT2D eigenvalue weighted by Gasteiger charge is 2.26. The van der Waals surface area contributed by atoms with Gasteiger partial charge in [0, 0.05) is 6.20 Å². The van der Waals surface area contributed by atoms with Gasteiger partial charge < -0.3 is 4.98 Å². The number of hydrogen-bond acceptors (Lipinski definition) is 1. The van der Waals surface area contributed by atoms with Crippen molar-refractivity contribution in [2.45, 2.75) is 9.74 Å². The molecule has 0 saturated carbocycles. The van der Waals surface area contributed by atoms with Crippen molar-refractivity contribution in [2.24, 2.45) is 0 Å².